The molecule has 0 radical (unpaired) electrons. The summed E-state index contributed by atoms with van der Waals surface area (Å²) in [6, 6.07) is 0. The largest absolute Gasteiger partial charge is 0.376 e. The van der Waals surface area contributed by atoms with E-state index in [0.29, 0.717) is 35.7 Å². The molecule has 0 unspecified atom stereocenters. The number of likely N-dealkylation sites (tertiary alicyclic amines) is 2. The summed E-state index contributed by atoms with van der Waals surface area (Å²) in [6.45, 7) is 8.60. The zero-order valence-electron chi connectivity index (χ0n) is 13.2. The molecule has 21 heavy (non-hydrogen) atoms. The third-order valence-electron chi connectivity index (χ3n) is 6.12. The summed E-state index contributed by atoms with van der Waals surface area (Å²) in [5.41, 5.74) is 0. The summed E-state index contributed by atoms with van der Waals surface area (Å²) in [4.78, 5) is 17.1. The Bertz CT molecular complexity index is 408. The fourth-order valence-electron chi connectivity index (χ4n) is 4.54. The summed E-state index contributed by atoms with van der Waals surface area (Å²) in [5.74, 6) is 2.57. The van der Waals surface area contributed by atoms with Gasteiger partial charge in [0.25, 0.3) is 0 Å². The van der Waals surface area contributed by atoms with Crippen LogP contribution in [0.25, 0.3) is 0 Å². The Hall–Kier alpha value is -0.610. The van der Waals surface area contributed by atoms with Crippen molar-refractivity contribution >= 4 is 5.91 Å². The molecule has 4 aliphatic rings. The zero-order chi connectivity index (χ0) is 14.4. The van der Waals surface area contributed by atoms with Crippen molar-refractivity contribution in [3.63, 3.8) is 0 Å². The van der Waals surface area contributed by atoms with Gasteiger partial charge in [0, 0.05) is 37.4 Å². The van der Waals surface area contributed by atoms with Crippen LogP contribution in [0.15, 0.2) is 0 Å². The molecule has 118 valence electrons. The van der Waals surface area contributed by atoms with Crippen molar-refractivity contribution in [1.29, 1.82) is 0 Å². The highest BCUT2D eigenvalue weighted by Gasteiger charge is 2.49. The van der Waals surface area contributed by atoms with Gasteiger partial charge in [-0.1, -0.05) is 13.3 Å². The second kappa shape index (κ2) is 5.54. The van der Waals surface area contributed by atoms with Gasteiger partial charge in [-0.15, -0.1) is 0 Å². The topological polar surface area (TPSA) is 32.8 Å². The maximum Gasteiger partial charge on any atom is 0.226 e. The third-order valence-corrected chi connectivity index (χ3v) is 6.12. The van der Waals surface area contributed by atoms with Crippen molar-refractivity contribution in [2.75, 3.05) is 39.3 Å². The van der Waals surface area contributed by atoms with Gasteiger partial charge in [0.2, 0.25) is 5.91 Å². The first-order valence-electron chi connectivity index (χ1n) is 8.85. The Morgan fingerprint density at radius 1 is 1.19 bits per heavy atom. The van der Waals surface area contributed by atoms with Gasteiger partial charge < -0.3 is 14.5 Å². The fourth-order valence-corrected chi connectivity index (χ4v) is 4.54. The van der Waals surface area contributed by atoms with Gasteiger partial charge in [-0.05, 0) is 38.3 Å². The molecule has 0 bridgehead atoms. The average Bonchev–Trinajstić information content (AvgIpc) is 2.93. The molecule has 0 N–H and O–H groups in total. The van der Waals surface area contributed by atoms with Crippen molar-refractivity contribution in [3.05, 3.63) is 0 Å². The van der Waals surface area contributed by atoms with Crippen LogP contribution in [0.1, 0.15) is 32.6 Å². The van der Waals surface area contributed by atoms with E-state index < -0.39 is 0 Å². The van der Waals surface area contributed by atoms with E-state index in [1.165, 1.54) is 38.9 Å². The Balaban J connectivity index is 1.33. The Labute approximate surface area is 127 Å². The van der Waals surface area contributed by atoms with Crippen molar-refractivity contribution in [2.45, 2.75) is 38.7 Å². The molecule has 3 saturated heterocycles. The van der Waals surface area contributed by atoms with Crippen LogP contribution in [0.3, 0.4) is 0 Å². The molecular weight excluding hydrogens is 264 g/mol. The molecule has 0 aromatic carbocycles. The number of hydrogen-bond acceptors (Lipinski definition) is 3. The molecule has 0 spiro atoms. The highest BCUT2D eigenvalue weighted by atomic mass is 16.5. The lowest BCUT2D eigenvalue weighted by Gasteiger charge is -2.30. The number of amides is 1. The molecule has 4 fully saturated rings. The second-order valence-electron chi connectivity index (χ2n) is 7.72. The molecule has 3 heterocycles. The number of carbonyl (C=O) groups excluding carboxylic acids is 1. The number of fused-ring (bicyclic) bond motifs is 1. The van der Waals surface area contributed by atoms with Crippen molar-refractivity contribution in [1.82, 2.24) is 9.80 Å². The molecule has 3 aliphatic heterocycles. The van der Waals surface area contributed by atoms with Crippen LogP contribution in [-0.4, -0.2) is 61.1 Å². The fraction of sp³-hybridized carbons (Fsp3) is 0.941. The molecule has 1 amide bonds. The molecule has 4 nitrogen and oxygen atoms in total. The minimum Gasteiger partial charge on any atom is -0.376 e. The summed E-state index contributed by atoms with van der Waals surface area (Å²) in [6.07, 6.45) is 5.52. The van der Waals surface area contributed by atoms with Gasteiger partial charge >= 0.3 is 0 Å². The van der Waals surface area contributed by atoms with Crippen molar-refractivity contribution < 1.29 is 9.53 Å². The zero-order valence-corrected chi connectivity index (χ0v) is 13.2. The van der Waals surface area contributed by atoms with Gasteiger partial charge in [-0.3, -0.25) is 4.79 Å². The molecule has 0 aromatic rings. The smallest absolute Gasteiger partial charge is 0.226 e. The van der Waals surface area contributed by atoms with E-state index in [4.69, 9.17) is 4.74 Å². The van der Waals surface area contributed by atoms with Crippen LogP contribution in [0, 0.1) is 23.7 Å². The van der Waals surface area contributed by atoms with E-state index in [2.05, 4.69) is 16.7 Å². The third kappa shape index (κ3) is 2.72. The molecule has 0 aromatic heterocycles. The highest BCUT2D eigenvalue weighted by molar-refractivity contribution is 5.82. The average molecular weight is 292 g/mol. The molecule has 4 heteroatoms. The number of piperidine rings is 1. The predicted octanol–water partition coefficient (Wildman–Crippen LogP) is 1.60. The van der Waals surface area contributed by atoms with Crippen LogP contribution in [0.4, 0.5) is 0 Å². The molecule has 1 aliphatic carbocycles. The standard InChI is InChI=1S/C17H28N2O2/c1-12-7-14(12)17(20)19-9-15-13(11-21-16(15)10-19)8-18-5-3-2-4-6-18/h12-16H,2-11H2,1H3/t12-,13+,14+,15+,16+/m0/s1. The van der Waals surface area contributed by atoms with Crippen LogP contribution in [-0.2, 0) is 9.53 Å². The molecule has 5 atom stereocenters. The number of rotatable bonds is 3. The lowest BCUT2D eigenvalue weighted by Crippen LogP contribution is -2.38. The van der Waals surface area contributed by atoms with Crippen LogP contribution < -0.4 is 0 Å². The summed E-state index contributed by atoms with van der Waals surface area (Å²) < 4.78 is 6.02. The van der Waals surface area contributed by atoms with Gasteiger partial charge in [-0.2, -0.15) is 0 Å². The predicted molar refractivity (Wildman–Crippen MR) is 80.9 cm³/mol. The first-order valence-corrected chi connectivity index (χ1v) is 8.85. The van der Waals surface area contributed by atoms with Gasteiger partial charge in [0.15, 0.2) is 0 Å². The van der Waals surface area contributed by atoms with Gasteiger partial charge in [-0.25, -0.2) is 0 Å². The Kier molecular flexibility index (Phi) is 3.70. The van der Waals surface area contributed by atoms with E-state index in [9.17, 15) is 4.79 Å². The molecular formula is C17H28N2O2. The van der Waals surface area contributed by atoms with E-state index >= 15 is 0 Å². The Morgan fingerprint density at radius 3 is 2.67 bits per heavy atom. The summed E-state index contributed by atoms with van der Waals surface area (Å²) >= 11 is 0. The second-order valence-corrected chi connectivity index (χ2v) is 7.72. The minimum absolute atomic E-state index is 0.317. The van der Waals surface area contributed by atoms with Crippen LogP contribution in [0.2, 0.25) is 0 Å². The summed E-state index contributed by atoms with van der Waals surface area (Å²) in [5, 5.41) is 0. The van der Waals surface area contributed by atoms with E-state index in [1.54, 1.807) is 0 Å². The molecule has 1 saturated carbocycles. The number of ether oxygens (including phenoxy) is 1. The number of carbonyl (C=O) groups is 1. The monoisotopic (exact) mass is 292 g/mol. The maximum absolute atomic E-state index is 12.4. The first kappa shape index (κ1) is 14.0. The van der Waals surface area contributed by atoms with Crippen molar-refractivity contribution in [3.8, 4) is 0 Å². The lowest BCUT2D eigenvalue weighted by molar-refractivity contribution is -0.132. The highest BCUT2D eigenvalue weighted by Crippen LogP contribution is 2.42. The molecule has 4 rings (SSSR count). The van der Waals surface area contributed by atoms with Gasteiger partial charge in [0.05, 0.1) is 12.7 Å². The maximum atomic E-state index is 12.4. The minimum atomic E-state index is 0.317. The van der Waals surface area contributed by atoms with E-state index in [0.717, 1.165) is 26.1 Å². The van der Waals surface area contributed by atoms with Crippen LogP contribution >= 0.6 is 0 Å². The number of hydrogen-bond donors (Lipinski definition) is 0. The Morgan fingerprint density at radius 2 is 1.95 bits per heavy atom. The van der Waals surface area contributed by atoms with E-state index in [1.807, 2.05) is 0 Å². The number of nitrogens with zero attached hydrogens (tertiary/aromatic N) is 2. The quantitative estimate of drug-likeness (QED) is 0.792. The first-order chi connectivity index (χ1) is 10.2. The van der Waals surface area contributed by atoms with Crippen LogP contribution in [0.5, 0.6) is 0 Å². The summed E-state index contributed by atoms with van der Waals surface area (Å²) in [7, 11) is 0. The van der Waals surface area contributed by atoms with Crippen molar-refractivity contribution in [2.24, 2.45) is 23.7 Å². The van der Waals surface area contributed by atoms with Gasteiger partial charge in [0.1, 0.15) is 0 Å². The SMILES string of the molecule is C[C@H]1C[C@H]1C(=O)N1C[C@@H]2[C@H](CN3CCCCC3)CO[C@@H]2C1. The lowest BCUT2D eigenvalue weighted by atomic mass is 9.92. The normalized spacial score (nSPS) is 43.1. The van der Waals surface area contributed by atoms with E-state index in [-0.39, 0.29) is 0 Å².